The molecular formula is C11H12F3IN2O3. The summed E-state index contributed by atoms with van der Waals surface area (Å²) >= 11 is 1.83. The van der Waals surface area contributed by atoms with Crippen molar-refractivity contribution in [2.24, 2.45) is 5.73 Å². The molecule has 2 N–H and O–H groups in total. The third kappa shape index (κ3) is 5.12. The maximum atomic E-state index is 12.3. The molecule has 0 atom stereocenters. The molecular weight excluding hydrogens is 392 g/mol. The third-order valence-electron chi connectivity index (χ3n) is 2.15. The van der Waals surface area contributed by atoms with E-state index in [9.17, 15) is 18.0 Å². The third-order valence-corrected chi connectivity index (χ3v) is 3.08. The van der Waals surface area contributed by atoms with Crippen LogP contribution in [0.4, 0.5) is 13.2 Å². The number of carbonyl (C=O) groups excluding carboxylic acids is 1. The van der Waals surface area contributed by atoms with Gasteiger partial charge in [0.25, 0.3) is 0 Å². The number of hydrogen-bond donors (Lipinski definition) is 1. The minimum absolute atomic E-state index is 0.0131. The summed E-state index contributed by atoms with van der Waals surface area (Å²) in [6, 6.07) is 1.14. The van der Waals surface area contributed by atoms with Crippen molar-refractivity contribution in [2.75, 3.05) is 6.61 Å². The van der Waals surface area contributed by atoms with Gasteiger partial charge in [0.1, 0.15) is 3.70 Å². The highest BCUT2D eigenvalue weighted by Crippen LogP contribution is 2.28. The maximum Gasteiger partial charge on any atom is 0.573 e. The van der Waals surface area contributed by atoms with Crippen molar-refractivity contribution in [3.63, 3.8) is 0 Å². The van der Waals surface area contributed by atoms with Crippen molar-refractivity contribution in [3.8, 4) is 5.75 Å². The second-order valence-electron chi connectivity index (χ2n) is 3.62. The van der Waals surface area contributed by atoms with E-state index in [1.54, 1.807) is 6.92 Å². The summed E-state index contributed by atoms with van der Waals surface area (Å²) in [6.07, 6.45) is -5.27. The number of nitrogens with zero attached hydrogens (tertiary/aromatic N) is 1. The summed E-state index contributed by atoms with van der Waals surface area (Å²) in [5.41, 5.74) is 5.67. The number of ether oxygens (including phenoxy) is 2. The normalized spacial score (nSPS) is 11.3. The summed E-state index contributed by atoms with van der Waals surface area (Å²) in [6.45, 7) is 1.74. The van der Waals surface area contributed by atoms with Gasteiger partial charge in [0.2, 0.25) is 0 Å². The van der Waals surface area contributed by atoms with Crippen LogP contribution in [0.3, 0.4) is 0 Å². The Labute approximate surface area is 126 Å². The zero-order valence-corrected chi connectivity index (χ0v) is 12.6. The molecule has 0 radical (unpaired) electrons. The van der Waals surface area contributed by atoms with Crippen LogP contribution in [0.15, 0.2) is 6.07 Å². The molecule has 1 rings (SSSR count). The molecule has 1 aromatic heterocycles. The highest BCUT2D eigenvalue weighted by molar-refractivity contribution is 14.1. The fourth-order valence-corrected chi connectivity index (χ4v) is 2.05. The number of rotatable bonds is 5. The monoisotopic (exact) mass is 404 g/mol. The van der Waals surface area contributed by atoms with Crippen molar-refractivity contribution in [3.05, 3.63) is 21.0 Å². The van der Waals surface area contributed by atoms with Crippen LogP contribution in [-0.4, -0.2) is 23.9 Å². The lowest BCUT2D eigenvalue weighted by Crippen LogP contribution is -2.20. The molecule has 112 valence electrons. The van der Waals surface area contributed by atoms with Crippen LogP contribution in [0.2, 0.25) is 0 Å². The van der Waals surface area contributed by atoms with E-state index in [0.717, 1.165) is 6.07 Å². The molecule has 0 aliphatic rings. The van der Waals surface area contributed by atoms with Crippen molar-refractivity contribution in [2.45, 2.75) is 26.3 Å². The molecule has 0 aliphatic heterocycles. The number of pyridine rings is 1. The van der Waals surface area contributed by atoms with Crippen LogP contribution in [-0.2, 0) is 22.5 Å². The Bertz CT molecular complexity index is 495. The Hall–Kier alpha value is -1.10. The maximum absolute atomic E-state index is 12.3. The van der Waals surface area contributed by atoms with Crippen molar-refractivity contribution < 1.29 is 27.4 Å². The smallest absolute Gasteiger partial charge is 0.466 e. The van der Waals surface area contributed by atoms with E-state index in [-0.39, 0.29) is 18.8 Å². The molecule has 20 heavy (non-hydrogen) atoms. The standard InChI is InChI=1S/C11H12F3IN2O3/c1-2-19-9(18)4-7-8(20-11(12,13)14)3-6(5-16)10(15)17-7/h3H,2,4-5,16H2,1H3. The number of alkyl halides is 3. The second-order valence-corrected chi connectivity index (χ2v) is 4.64. The molecule has 0 fully saturated rings. The molecule has 1 heterocycles. The van der Waals surface area contributed by atoms with Crippen LogP contribution in [0.25, 0.3) is 0 Å². The lowest BCUT2D eigenvalue weighted by Gasteiger charge is -2.14. The van der Waals surface area contributed by atoms with Gasteiger partial charge >= 0.3 is 12.3 Å². The van der Waals surface area contributed by atoms with Crippen LogP contribution >= 0.6 is 22.6 Å². The van der Waals surface area contributed by atoms with Crippen LogP contribution in [0.1, 0.15) is 18.2 Å². The van der Waals surface area contributed by atoms with Gasteiger partial charge in [-0.25, -0.2) is 4.98 Å². The predicted molar refractivity (Wildman–Crippen MR) is 71.9 cm³/mol. The fraction of sp³-hybridized carbons (Fsp3) is 0.455. The summed E-state index contributed by atoms with van der Waals surface area (Å²) < 4.78 is 46.0. The summed E-state index contributed by atoms with van der Waals surface area (Å²) in [4.78, 5) is 15.3. The number of esters is 1. The quantitative estimate of drug-likeness (QED) is 0.463. The van der Waals surface area contributed by atoms with Crippen LogP contribution in [0, 0.1) is 3.70 Å². The first-order valence-electron chi connectivity index (χ1n) is 5.56. The lowest BCUT2D eigenvalue weighted by molar-refractivity contribution is -0.275. The average Bonchev–Trinajstić information content (AvgIpc) is 2.31. The SMILES string of the molecule is CCOC(=O)Cc1nc(I)c(CN)cc1OC(F)(F)F. The predicted octanol–water partition coefficient (Wildman–Crippen LogP) is 2.15. The van der Waals surface area contributed by atoms with Gasteiger partial charge in [-0.05, 0) is 35.6 Å². The van der Waals surface area contributed by atoms with Gasteiger partial charge in [-0.2, -0.15) is 0 Å². The number of halogens is 4. The molecule has 0 saturated carbocycles. The van der Waals surface area contributed by atoms with E-state index < -0.39 is 24.5 Å². The van der Waals surface area contributed by atoms with Crippen LogP contribution in [0.5, 0.6) is 5.75 Å². The summed E-state index contributed by atoms with van der Waals surface area (Å²) in [5, 5.41) is 0. The molecule has 0 bridgehead atoms. The average molecular weight is 404 g/mol. The van der Waals surface area contributed by atoms with E-state index in [2.05, 4.69) is 14.5 Å². The Morgan fingerprint density at radius 1 is 1.50 bits per heavy atom. The minimum atomic E-state index is -4.87. The van der Waals surface area contributed by atoms with Crippen molar-refractivity contribution in [1.82, 2.24) is 4.98 Å². The van der Waals surface area contributed by atoms with Gasteiger partial charge in [0.15, 0.2) is 5.75 Å². The zero-order valence-electron chi connectivity index (χ0n) is 10.5. The zero-order chi connectivity index (χ0) is 15.3. The van der Waals surface area contributed by atoms with E-state index in [4.69, 9.17) is 5.73 Å². The lowest BCUT2D eigenvalue weighted by atomic mass is 10.2. The van der Waals surface area contributed by atoms with Gasteiger partial charge in [-0.1, -0.05) is 0 Å². The van der Waals surface area contributed by atoms with E-state index in [1.165, 1.54) is 0 Å². The molecule has 0 aliphatic carbocycles. The molecule has 0 spiro atoms. The number of hydrogen-bond acceptors (Lipinski definition) is 5. The minimum Gasteiger partial charge on any atom is -0.466 e. The fourth-order valence-electron chi connectivity index (χ4n) is 1.38. The van der Waals surface area contributed by atoms with Crippen molar-refractivity contribution in [1.29, 1.82) is 0 Å². The largest absolute Gasteiger partial charge is 0.573 e. The van der Waals surface area contributed by atoms with Gasteiger partial charge in [0.05, 0.1) is 18.7 Å². The van der Waals surface area contributed by atoms with Gasteiger partial charge in [0, 0.05) is 12.1 Å². The second kappa shape index (κ2) is 7.07. The van der Waals surface area contributed by atoms with Crippen molar-refractivity contribution >= 4 is 28.6 Å². The number of carbonyl (C=O) groups is 1. The Morgan fingerprint density at radius 3 is 2.65 bits per heavy atom. The first-order valence-corrected chi connectivity index (χ1v) is 6.64. The molecule has 0 unspecified atom stereocenters. The highest BCUT2D eigenvalue weighted by atomic mass is 127. The van der Waals surface area contributed by atoms with E-state index in [1.807, 2.05) is 22.6 Å². The van der Waals surface area contributed by atoms with Crippen LogP contribution < -0.4 is 10.5 Å². The first kappa shape index (κ1) is 17.0. The molecule has 0 amide bonds. The Balaban J connectivity index is 3.12. The molecule has 0 aromatic carbocycles. The summed E-state index contributed by atoms with van der Waals surface area (Å²) in [5.74, 6) is -1.21. The Kier molecular flexibility index (Phi) is 5.99. The summed E-state index contributed by atoms with van der Waals surface area (Å²) in [7, 11) is 0. The molecule has 5 nitrogen and oxygen atoms in total. The topological polar surface area (TPSA) is 74.4 Å². The number of nitrogens with two attached hydrogens (primary N) is 1. The van der Waals surface area contributed by atoms with E-state index in [0.29, 0.717) is 9.26 Å². The molecule has 1 aromatic rings. The van der Waals surface area contributed by atoms with E-state index >= 15 is 0 Å². The van der Waals surface area contributed by atoms with Gasteiger partial charge < -0.3 is 15.2 Å². The number of aromatic nitrogens is 1. The van der Waals surface area contributed by atoms with Gasteiger partial charge in [-0.15, -0.1) is 13.2 Å². The molecule has 0 saturated heterocycles. The van der Waals surface area contributed by atoms with Gasteiger partial charge in [-0.3, -0.25) is 4.79 Å². The first-order chi connectivity index (χ1) is 9.26. The highest BCUT2D eigenvalue weighted by Gasteiger charge is 2.33. The Morgan fingerprint density at radius 2 is 2.15 bits per heavy atom. The molecule has 9 heteroatoms.